The van der Waals surface area contributed by atoms with Crippen molar-refractivity contribution in [3.63, 3.8) is 0 Å². The normalized spacial score (nSPS) is 11.8. The molecular formula is C19H21BrN6O2. The molecular weight excluding hydrogens is 424 g/mol. The molecule has 0 radical (unpaired) electrons. The zero-order chi connectivity index (χ0) is 20.1. The van der Waals surface area contributed by atoms with E-state index in [9.17, 15) is 9.59 Å². The number of nitrogens with one attached hydrogen (secondary N) is 2. The number of anilines is 2. The SMILES string of the molecule is CCn1cc(NC(=O)C(C)Cn2cc(Br)cn2)c(C(=O)Nc2ccccc2)n1. The summed E-state index contributed by atoms with van der Waals surface area (Å²) in [5, 5.41) is 14.1. The Hall–Kier alpha value is -2.94. The molecule has 2 heterocycles. The van der Waals surface area contributed by atoms with Gasteiger partial charge in [0.05, 0.1) is 28.8 Å². The highest BCUT2D eigenvalue weighted by atomic mass is 79.9. The molecule has 0 spiro atoms. The Labute approximate surface area is 171 Å². The molecule has 0 aliphatic heterocycles. The molecule has 8 nitrogen and oxygen atoms in total. The number of benzene rings is 1. The molecule has 146 valence electrons. The van der Waals surface area contributed by atoms with E-state index < -0.39 is 0 Å². The number of amides is 2. The first-order valence-electron chi connectivity index (χ1n) is 8.89. The van der Waals surface area contributed by atoms with Crippen LogP contribution in [-0.4, -0.2) is 31.4 Å². The second kappa shape index (κ2) is 8.83. The molecule has 3 aromatic rings. The summed E-state index contributed by atoms with van der Waals surface area (Å²) in [5.41, 5.74) is 1.22. The lowest BCUT2D eigenvalue weighted by atomic mass is 10.1. The van der Waals surface area contributed by atoms with Gasteiger partial charge in [0.1, 0.15) is 0 Å². The summed E-state index contributed by atoms with van der Waals surface area (Å²) in [4.78, 5) is 25.3. The molecule has 0 bridgehead atoms. The lowest BCUT2D eigenvalue weighted by Gasteiger charge is -2.12. The van der Waals surface area contributed by atoms with Gasteiger partial charge in [-0.3, -0.25) is 19.0 Å². The smallest absolute Gasteiger partial charge is 0.278 e. The van der Waals surface area contributed by atoms with Gasteiger partial charge < -0.3 is 10.6 Å². The second-order valence-corrected chi connectivity index (χ2v) is 7.25. The molecule has 0 aliphatic rings. The van der Waals surface area contributed by atoms with Gasteiger partial charge in [-0.2, -0.15) is 10.2 Å². The molecule has 0 fully saturated rings. The molecule has 0 aliphatic carbocycles. The van der Waals surface area contributed by atoms with E-state index in [1.165, 1.54) is 0 Å². The van der Waals surface area contributed by atoms with Crippen LogP contribution in [0.5, 0.6) is 0 Å². The van der Waals surface area contributed by atoms with Crippen molar-refractivity contribution in [3.8, 4) is 0 Å². The van der Waals surface area contributed by atoms with Crippen LogP contribution in [0.3, 0.4) is 0 Å². The molecule has 0 saturated carbocycles. The van der Waals surface area contributed by atoms with Crippen molar-refractivity contribution < 1.29 is 9.59 Å². The number of nitrogens with zero attached hydrogens (tertiary/aromatic N) is 4. The third kappa shape index (κ3) is 4.86. The summed E-state index contributed by atoms with van der Waals surface area (Å²) in [6, 6.07) is 9.11. The molecule has 1 atom stereocenters. The fraction of sp³-hybridized carbons (Fsp3) is 0.263. The molecule has 9 heteroatoms. The van der Waals surface area contributed by atoms with Gasteiger partial charge in [0.2, 0.25) is 5.91 Å². The predicted molar refractivity (Wildman–Crippen MR) is 110 cm³/mol. The highest BCUT2D eigenvalue weighted by Gasteiger charge is 2.21. The van der Waals surface area contributed by atoms with Gasteiger partial charge in [-0.05, 0) is 35.0 Å². The largest absolute Gasteiger partial charge is 0.322 e. The second-order valence-electron chi connectivity index (χ2n) is 6.34. The van der Waals surface area contributed by atoms with Crippen molar-refractivity contribution in [1.82, 2.24) is 19.6 Å². The topological polar surface area (TPSA) is 93.8 Å². The van der Waals surface area contributed by atoms with Crippen LogP contribution < -0.4 is 10.6 Å². The lowest BCUT2D eigenvalue weighted by molar-refractivity contribution is -0.119. The number of aryl methyl sites for hydroxylation is 1. The van der Waals surface area contributed by atoms with E-state index in [0.29, 0.717) is 24.5 Å². The van der Waals surface area contributed by atoms with E-state index in [1.54, 1.807) is 47.0 Å². The molecule has 28 heavy (non-hydrogen) atoms. The van der Waals surface area contributed by atoms with Crippen molar-refractivity contribution in [2.24, 2.45) is 5.92 Å². The Balaban J connectivity index is 1.72. The van der Waals surface area contributed by atoms with E-state index in [-0.39, 0.29) is 23.4 Å². The number of hydrogen-bond donors (Lipinski definition) is 2. The van der Waals surface area contributed by atoms with Gasteiger partial charge >= 0.3 is 0 Å². The van der Waals surface area contributed by atoms with Crippen LogP contribution in [0.2, 0.25) is 0 Å². The molecule has 1 aromatic carbocycles. The number of carbonyl (C=O) groups excluding carboxylic acids is 2. The maximum atomic E-state index is 12.7. The molecule has 3 rings (SSSR count). The Bertz CT molecular complexity index is 966. The first-order chi connectivity index (χ1) is 13.5. The molecule has 2 aromatic heterocycles. The van der Waals surface area contributed by atoms with Crippen LogP contribution in [0.4, 0.5) is 11.4 Å². The van der Waals surface area contributed by atoms with E-state index >= 15 is 0 Å². The van der Waals surface area contributed by atoms with E-state index in [0.717, 1.165) is 4.47 Å². The summed E-state index contributed by atoms with van der Waals surface area (Å²) in [5.74, 6) is -0.935. The summed E-state index contributed by atoms with van der Waals surface area (Å²) >= 11 is 3.34. The fourth-order valence-corrected chi connectivity index (χ4v) is 2.94. The standard InChI is InChI=1S/C19H21BrN6O2/c1-3-25-12-16(17(24-25)19(28)22-15-7-5-4-6-8-15)23-18(27)13(2)10-26-11-14(20)9-21-26/h4-9,11-13H,3,10H2,1-2H3,(H,22,28)(H,23,27). The molecule has 2 N–H and O–H groups in total. The Morgan fingerprint density at radius 3 is 2.54 bits per heavy atom. The average Bonchev–Trinajstić information content (AvgIpc) is 3.28. The van der Waals surface area contributed by atoms with Gasteiger partial charge in [0.15, 0.2) is 5.69 Å². The third-order valence-corrected chi connectivity index (χ3v) is 4.51. The summed E-state index contributed by atoms with van der Waals surface area (Å²) in [7, 11) is 0. The van der Waals surface area contributed by atoms with E-state index in [2.05, 4.69) is 36.8 Å². The quantitative estimate of drug-likeness (QED) is 0.583. The van der Waals surface area contributed by atoms with Crippen LogP contribution in [0.1, 0.15) is 24.3 Å². The highest BCUT2D eigenvalue weighted by Crippen LogP contribution is 2.18. The number of carbonyl (C=O) groups is 2. The van der Waals surface area contributed by atoms with E-state index in [4.69, 9.17) is 0 Å². The molecule has 1 unspecified atom stereocenters. The minimum atomic E-state index is -0.377. The van der Waals surface area contributed by atoms with Crippen molar-refractivity contribution >= 4 is 39.1 Å². The highest BCUT2D eigenvalue weighted by molar-refractivity contribution is 9.10. The van der Waals surface area contributed by atoms with Gasteiger partial charge in [0, 0.05) is 24.6 Å². The average molecular weight is 445 g/mol. The minimum absolute atomic E-state index is 0.174. The zero-order valence-electron chi connectivity index (χ0n) is 15.6. The van der Waals surface area contributed by atoms with Crippen LogP contribution in [-0.2, 0) is 17.9 Å². The van der Waals surface area contributed by atoms with E-state index in [1.807, 2.05) is 25.1 Å². The van der Waals surface area contributed by atoms with Crippen LogP contribution in [0.15, 0.2) is 53.4 Å². The number of halogens is 1. The number of hydrogen-bond acceptors (Lipinski definition) is 4. The maximum absolute atomic E-state index is 12.7. The van der Waals surface area contributed by atoms with Crippen molar-refractivity contribution in [3.05, 3.63) is 59.1 Å². The summed E-state index contributed by atoms with van der Waals surface area (Å²) in [6.07, 6.45) is 5.13. The van der Waals surface area contributed by atoms with Crippen molar-refractivity contribution in [2.45, 2.75) is 26.9 Å². The fourth-order valence-electron chi connectivity index (χ4n) is 2.61. The third-order valence-electron chi connectivity index (χ3n) is 4.10. The van der Waals surface area contributed by atoms with Gasteiger partial charge in [-0.15, -0.1) is 0 Å². The first kappa shape index (κ1) is 19.8. The van der Waals surface area contributed by atoms with Crippen molar-refractivity contribution in [2.75, 3.05) is 10.6 Å². The monoisotopic (exact) mass is 444 g/mol. The maximum Gasteiger partial charge on any atom is 0.278 e. The summed E-state index contributed by atoms with van der Waals surface area (Å²) < 4.78 is 4.15. The predicted octanol–water partition coefficient (Wildman–Crippen LogP) is 3.39. The molecule has 0 saturated heterocycles. The van der Waals surface area contributed by atoms with Crippen LogP contribution >= 0.6 is 15.9 Å². The zero-order valence-corrected chi connectivity index (χ0v) is 17.2. The van der Waals surface area contributed by atoms with Gasteiger partial charge in [0.25, 0.3) is 5.91 Å². The van der Waals surface area contributed by atoms with Crippen molar-refractivity contribution in [1.29, 1.82) is 0 Å². The Morgan fingerprint density at radius 1 is 1.14 bits per heavy atom. The van der Waals surface area contributed by atoms with Gasteiger partial charge in [-0.25, -0.2) is 0 Å². The van der Waals surface area contributed by atoms with Crippen LogP contribution in [0.25, 0.3) is 0 Å². The van der Waals surface area contributed by atoms with Crippen LogP contribution in [0, 0.1) is 5.92 Å². The number of rotatable bonds is 7. The Kier molecular flexibility index (Phi) is 6.25. The first-order valence-corrected chi connectivity index (χ1v) is 9.68. The minimum Gasteiger partial charge on any atom is -0.322 e. The number of para-hydroxylation sites is 1. The van der Waals surface area contributed by atoms with Gasteiger partial charge in [-0.1, -0.05) is 25.1 Å². The Morgan fingerprint density at radius 2 is 1.89 bits per heavy atom. The summed E-state index contributed by atoms with van der Waals surface area (Å²) in [6.45, 7) is 4.72. The lowest BCUT2D eigenvalue weighted by Crippen LogP contribution is -2.25. The number of aromatic nitrogens is 4. The molecule has 2 amide bonds.